The number of nitrogens with zero attached hydrogens (tertiary/aromatic N) is 2. The fourth-order valence-electron chi connectivity index (χ4n) is 8.68. The van der Waals surface area contributed by atoms with Crippen LogP contribution < -0.4 is 41.8 Å². The number of methoxy groups -OCH3 is 1. The summed E-state index contributed by atoms with van der Waals surface area (Å²) >= 11 is 0. The largest absolute Gasteiger partial charge is 0.493 e. The van der Waals surface area contributed by atoms with Crippen molar-refractivity contribution in [1.82, 2.24) is 20.9 Å². The summed E-state index contributed by atoms with van der Waals surface area (Å²) in [5, 5.41) is 14.1. The predicted octanol–water partition coefficient (Wildman–Crippen LogP) is 5.99. The zero-order valence-corrected chi connectivity index (χ0v) is 42.5. The van der Waals surface area contributed by atoms with Crippen molar-refractivity contribution in [3.8, 4) is 22.6 Å². The number of nitrogens with two attached hydrogens (primary N) is 1. The number of hydrogen-bond donors (Lipinski definition) is 6. The first-order valence-corrected chi connectivity index (χ1v) is 25.0. The molecule has 0 spiro atoms. The van der Waals surface area contributed by atoms with E-state index < -0.39 is 23.9 Å². The van der Waals surface area contributed by atoms with Crippen LogP contribution in [0.25, 0.3) is 11.1 Å². The molecule has 0 bridgehead atoms. The number of anilines is 2. The molecule has 2 unspecified atom stereocenters. The zero-order valence-electron chi connectivity index (χ0n) is 42.5. The lowest BCUT2D eigenvalue weighted by molar-refractivity contribution is -0.132. The Kier molecular flexibility index (Phi) is 18.9. The van der Waals surface area contributed by atoms with E-state index in [1.54, 1.807) is 63.2 Å². The molecule has 74 heavy (non-hydrogen) atoms. The number of carbonyl (C=O) groups excluding carboxylic acids is 6. The molecular weight excluding hydrogens is 945 g/mol. The molecule has 3 aliphatic rings. The van der Waals surface area contributed by atoms with E-state index in [0.717, 1.165) is 16.7 Å². The Morgan fingerprint density at radius 1 is 0.757 bits per heavy atom. The molecule has 0 aromatic heterocycles. The number of aliphatic imine (C=N–C) groups is 1. The molecule has 2 heterocycles. The molecule has 1 aliphatic carbocycles. The van der Waals surface area contributed by atoms with Crippen LogP contribution in [-0.4, -0.2) is 111 Å². The summed E-state index contributed by atoms with van der Waals surface area (Å²) in [5.41, 5.74) is 12.6. The number of amides is 6. The minimum atomic E-state index is -0.889. The van der Waals surface area contributed by atoms with Crippen molar-refractivity contribution in [2.24, 2.45) is 22.6 Å². The number of hydrogen-bond acceptors (Lipinski definition) is 12. The third kappa shape index (κ3) is 14.3. The fourth-order valence-corrected chi connectivity index (χ4v) is 8.68. The fraction of sp³-hybridized carbons (Fsp3) is 0.375. The Bertz CT molecular complexity index is 2770. The van der Waals surface area contributed by atoms with Gasteiger partial charge in [0.2, 0.25) is 23.6 Å². The number of ether oxygens (including phenoxy) is 4. The second-order valence-corrected chi connectivity index (χ2v) is 18.7. The Hall–Kier alpha value is -7.67. The van der Waals surface area contributed by atoms with E-state index in [1.165, 1.54) is 12.7 Å². The maximum absolute atomic E-state index is 13.7. The van der Waals surface area contributed by atoms with E-state index >= 15 is 0 Å². The lowest BCUT2D eigenvalue weighted by Crippen LogP contribution is -2.53. The molecule has 2 aliphatic heterocycles. The summed E-state index contributed by atoms with van der Waals surface area (Å²) in [4.78, 5) is 85.4. The van der Waals surface area contributed by atoms with Crippen LogP contribution in [0.3, 0.4) is 0 Å². The highest BCUT2D eigenvalue weighted by Crippen LogP contribution is 2.38. The van der Waals surface area contributed by atoms with Crippen molar-refractivity contribution in [2.45, 2.75) is 78.0 Å². The lowest BCUT2D eigenvalue weighted by atomic mass is 9.94. The third-order valence-corrected chi connectivity index (χ3v) is 12.8. The molecule has 4 atom stereocenters. The van der Waals surface area contributed by atoms with E-state index in [1.807, 2.05) is 66.6 Å². The van der Waals surface area contributed by atoms with Crippen LogP contribution in [0.2, 0.25) is 0 Å². The van der Waals surface area contributed by atoms with Gasteiger partial charge in [-0.1, -0.05) is 75.4 Å². The molecule has 0 saturated heterocycles. The summed E-state index contributed by atoms with van der Waals surface area (Å²) in [6, 6.07) is 24.2. The SMILES string of the molecule is COc1cc2c(cc1OCCCC(=O)NC1=CC(C)C(C(=O)Nc3ccc(-c4ccc(NC(=O)[C@H](C)NC(=O)C(NC(=O)CCOCCOCCN)C(C)C)cc4)cc3)=C1)N=C[C@@H]1Cc3ccccc3CN1C2=O. The third-order valence-electron chi connectivity index (χ3n) is 12.8. The Labute approximate surface area is 431 Å². The number of allylic oxidation sites excluding steroid dienone is 2. The number of nitrogens with one attached hydrogen (secondary N) is 5. The molecule has 7 N–H and O–H groups in total. The van der Waals surface area contributed by atoms with Gasteiger partial charge in [0.15, 0.2) is 11.5 Å². The first-order valence-electron chi connectivity index (χ1n) is 25.0. The predicted molar refractivity (Wildman–Crippen MR) is 282 cm³/mol. The highest BCUT2D eigenvalue weighted by Gasteiger charge is 2.34. The second-order valence-electron chi connectivity index (χ2n) is 18.7. The molecule has 0 saturated carbocycles. The van der Waals surface area contributed by atoms with E-state index in [4.69, 9.17) is 24.7 Å². The summed E-state index contributed by atoms with van der Waals surface area (Å²) in [6.07, 6.45) is 6.65. The van der Waals surface area contributed by atoms with Crippen molar-refractivity contribution >= 4 is 58.7 Å². The van der Waals surface area contributed by atoms with E-state index in [0.29, 0.717) is 91.1 Å². The van der Waals surface area contributed by atoms with Crippen molar-refractivity contribution < 1.29 is 47.7 Å². The molecule has 18 heteroatoms. The number of rotatable bonds is 24. The number of fused-ring (bicyclic) bond motifs is 3. The minimum absolute atomic E-state index is 0.0671. The standard InChI is InChI=1S/C56H66N8O10/c1-34(2)52(63-51(66)20-23-72-25-26-73-24-21-57)55(69)59-36(4)53(67)61-41-16-12-37(13-17-41)38-14-18-42(19-15-38)62-54(68)45-29-43(27-35(45)3)60-50(65)11-8-22-74-49-31-47-46(30-48(49)71-5)56(70)64-33-40-10-7-6-9-39(40)28-44(64)32-58-47/h6-7,9-10,12-19,27,29-32,34-36,44,52H,8,11,20-26,28,33,57H2,1-5H3,(H,59,69)(H,60,65)(H,61,67)(H,62,68)(H,63,66)/t35?,36-,44-,52?/m0/s1. The molecular formula is C56H66N8O10. The molecule has 0 fully saturated rings. The topological polar surface area (TPSA) is 241 Å². The monoisotopic (exact) mass is 1010 g/mol. The summed E-state index contributed by atoms with van der Waals surface area (Å²) in [6.45, 7) is 9.51. The van der Waals surface area contributed by atoms with Crippen molar-refractivity contribution in [2.75, 3.05) is 57.3 Å². The van der Waals surface area contributed by atoms with Gasteiger partial charge < -0.3 is 56.2 Å². The van der Waals surface area contributed by atoms with Crippen molar-refractivity contribution in [3.63, 3.8) is 0 Å². The molecule has 0 radical (unpaired) electrons. The van der Waals surface area contributed by atoms with Gasteiger partial charge in [-0.15, -0.1) is 0 Å². The van der Waals surface area contributed by atoms with Crippen LogP contribution >= 0.6 is 0 Å². The van der Waals surface area contributed by atoms with Gasteiger partial charge in [-0.2, -0.15) is 0 Å². The van der Waals surface area contributed by atoms with Gasteiger partial charge in [-0.3, -0.25) is 33.8 Å². The van der Waals surface area contributed by atoms with Crippen LogP contribution in [0.15, 0.2) is 113 Å². The molecule has 6 amide bonds. The normalized spacial score (nSPS) is 16.3. The first kappa shape index (κ1) is 54.1. The quantitative estimate of drug-likeness (QED) is 0.0446. The van der Waals surface area contributed by atoms with Crippen LogP contribution in [0.4, 0.5) is 17.1 Å². The lowest BCUT2D eigenvalue weighted by Gasteiger charge is -2.34. The van der Waals surface area contributed by atoms with Gasteiger partial charge in [-0.05, 0) is 84.3 Å². The zero-order chi connectivity index (χ0) is 52.7. The number of carbonyl (C=O) groups is 6. The number of benzene rings is 4. The average Bonchev–Trinajstić information content (AvgIpc) is 3.71. The summed E-state index contributed by atoms with van der Waals surface area (Å²) in [5.74, 6) is -1.53. The minimum Gasteiger partial charge on any atom is -0.493 e. The maximum Gasteiger partial charge on any atom is 0.257 e. The van der Waals surface area contributed by atoms with Crippen LogP contribution in [0.1, 0.15) is 68.4 Å². The van der Waals surface area contributed by atoms with Crippen LogP contribution in [0.5, 0.6) is 11.5 Å². The van der Waals surface area contributed by atoms with Gasteiger partial charge in [0.1, 0.15) is 12.1 Å². The molecule has 4 aromatic rings. The van der Waals surface area contributed by atoms with Gasteiger partial charge in [0.25, 0.3) is 11.8 Å². The van der Waals surface area contributed by atoms with Gasteiger partial charge in [-0.25, -0.2) is 0 Å². The van der Waals surface area contributed by atoms with E-state index in [2.05, 4.69) is 37.6 Å². The van der Waals surface area contributed by atoms with Crippen molar-refractivity contribution in [3.05, 3.63) is 125 Å². The molecule has 7 rings (SSSR count). The average molecular weight is 1010 g/mol. The Morgan fingerprint density at radius 3 is 2.11 bits per heavy atom. The maximum atomic E-state index is 13.7. The van der Waals surface area contributed by atoms with E-state index in [9.17, 15) is 28.8 Å². The molecule has 4 aromatic carbocycles. The summed E-state index contributed by atoms with van der Waals surface area (Å²) < 4.78 is 22.3. The molecule has 390 valence electrons. The van der Waals surface area contributed by atoms with Gasteiger partial charge in [0, 0.05) is 66.8 Å². The van der Waals surface area contributed by atoms with Crippen LogP contribution in [-0.2, 0) is 46.4 Å². The Balaban J connectivity index is 0.826. The van der Waals surface area contributed by atoms with Gasteiger partial charge >= 0.3 is 0 Å². The van der Waals surface area contributed by atoms with Crippen molar-refractivity contribution in [1.29, 1.82) is 0 Å². The second kappa shape index (κ2) is 25.8. The van der Waals surface area contributed by atoms with Gasteiger partial charge in [0.05, 0.1) is 57.4 Å². The smallest absolute Gasteiger partial charge is 0.257 e. The first-order chi connectivity index (χ1) is 35.7. The highest BCUT2D eigenvalue weighted by atomic mass is 16.5. The van der Waals surface area contributed by atoms with Crippen LogP contribution in [0, 0.1) is 11.8 Å². The molecule has 18 nitrogen and oxygen atoms in total. The van der Waals surface area contributed by atoms with E-state index in [-0.39, 0.29) is 67.6 Å². The Morgan fingerprint density at radius 2 is 1.43 bits per heavy atom. The summed E-state index contributed by atoms with van der Waals surface area (Å²) in [7, 11) is 1.52. The highest BCUT2D eigenvalue weighted by molar-refractivity contribution is 6.06.